The normalized spacial score (nSPS) is 13.2. The van der Waals surface area contributed by atoms with Gasteiger partial charge in [-0.15, -0.1) is 0 Å². The largest absolute Gasteiger partial charge is 0.299 e. The van der Waals surface area contributed by atoms with Crippen molar-refractivity contribution >= 4 is 48.2 Å². The predicted octanol–water partition coefficient (Wildman–Crippen LogP) is 4.85. The van der Waals surface area contributed by atoms with Gasteiger partial charge in [0.25, 0.3) is 9.70 Å². The maximum atomic E-state index is 12.5. The highest BCUT2D eigenvalue weighted by Gasteiger charge is 2.41. The number of halogens is 3. The molecule has 0 aromatic rings. The second kappa shape index (κ2) is 10.6. The van der Waals surface area contributed by atoms with E-state index in [0.717, 1.165) is 39.3 Å². The first-order valence-electron chi connectivity index (χ1n) is 8.18. The van der Waals surface area contributed by atoms with Crippen LogP contribution < -0.4 is 0 Å². The second-order valence-electron chi connectivity index (χ2n) is 4.86. The number of carbonyl (C=O) groups is 1. The lowest BCUT2D eigenvalue weighted by molar-refractivity contribution is -0.116. The molecule has 0 unspecified atom stereocenters. The molecule has 0 bridgehead atoms. The molecular weight excluding hydrogens is 378 g/mol. The summed E-state index contributed by atoms with van der Waals surface area (Å²) in [5.74, 6) is -0.693. The number of rotatable bonds is 9. The molecule has 138 valence electrons. The average Bonchev–Trinajstić information content (AvgIpc) is 2.49. The van der Waals surface area contributed by atoms with Crippen molar-refractivity contribution in [3.8, 4) is 0 Å². The van der Waals surface area contributed by atoms with Gasteiger partial charge in [-0.3, -0.25) is 4.79 Å². The highest BCUT2D eigenvalue weighted by Crippen LogP contribution is 2.59. The Bertz CT molecular complexity index is 379. The van der Waals surface area contributed by atoms with E-state index in [4.69, 9.17) is 34.8 Å². The molecule has 0 aliphatic carbocycles. The van der Waals surface area contributed by atoms with E-state index in [-0.39, 0.29) is 0 Å². The molecule has 0 aliphatic heterocycles. The Balaban J connectivity index is 6.58. The van der Waals surface area contributed by atoms with Crippen LogP contribution in [0.5, 0.6) is 0 Å². The molecule has 9 heteroatoms. The molecule has 0 aromatic carbocycles. The van der Waals surface area contributed by atoms with Crippen LogP contribution in [0.15, 0.2) is 4.74 Å². The molecule has 0 spiro atoms. The molecule has 23 heavy (non-hydrogen) atoms. The molecule has 0 saturated carbocycles. The van der Waals surface area contributed by atoms with Gasteiger partial charge in [0.1, 0.15) is 0 Å². The van der Waals surface area contributed by atoms with Crippen LogP contribution in [-0.2, 0) is 4.79 Å². The summed E-state index contributed by atoms with van der Waals surface area (Å²) in [5, 5.41) is 0. The summed E-state index contributed by atoms with van der Waals surface area (Å²) in [6, 6.07) is 0. The van der Waals surface area contributed by atoms with Gasteiger partial charge < -0.3 is 0 Å². The van der Waals surface area contributed by atoms with Gasteiger partial charge in [-0.1, -0.05) is 76.3 Å². The molecule has 0 N–H and O–H groups in total. The zero-order chi connectivity index (χ0) is 18.3. The van der Waals surface area contributed by atoms with E-state index in [2.05, 4.69) is 60.3 Å². The zero-order valence-electron chi connectivity index (χ0n) is 15.0. The minimum atomic E-state index is -2.46. The first-order chi connectivity index (χ1) is 10.7. The van der Waals surface area contributed by atoms with Crippen LogP contribution in [0.2, 0.25) is 0 Å². The third-order valence-corrected chi connectivity index (χ3v) is 8.70. The van der Waals surface area contributed by atoms with E-state index in [1.165, 1.54) is 0 Å². The Morgan fingerprint density at radius 3 is 1.22 bits per heavy atom. The minimum Gasteiger partial charge on any atom is -0.268 e. The smallest absolute Gasteiger partial charge is 0.268 e. The Kier molecular flexibility index (Phi) is 10.9. The van der Waals surface area contributed by atoms with Gasteiger partial charge in [0.15, 0.2) is 7.51 Å². The quantitative estimate of drug-likeness (QED) is 0.404. The van der Waals surface area contributed by atoms with Gasteiger partial charge >= 0.3 is 0 Å². The molecule has 0 radical (unpaired) electrons. The zero-order valence-corrected chi connectivity index (χ0v) is 18.2. The van der Waals surface area contributed by atoms with Crippen LogP contribution in [0.25, 0.3) is 0 Å². The number of hydrogen-bond donors (Lipinski definition) is 0. The second-order valence-corrected chi connectivity index (χ2v) is 10.1. The highest BCUT2D eigenvalue weighted by atomic mass is 35.6. The maximum Gasteiger partial charge on any atom is 0.299 e. The molecular formula is C14H30Cl3N4OP. The molecule has 0 heterocycles. The van der Waals surface area contributed by atoms with Gasteiger partial charge in [0, 0.05) is 39.3 Å². The van der Waals surface area contributed by atoms with Crippen LogP contribution in [-0.4, -0.2) is 63.0 Å². The van der Waals surface area contributed by atoms with Gasteiger partial charge in [-0.05, 0) is 0 Å². The number of nitrogens with zero attached hydrogens (tertiary/aromatic N) is 4. The molecule has 0 atom stereocenters. The van der Waals surface area contributed by atoms with Crippen molar-refractivity contribution < 1.29 is 4.79 Å². The summed E-state index contributed by atoms with van der Waals surface area (Å²) in [6.45, 7) is 17.1. The molecule has 0 fully saturated rings. The van der Waals surface area contributed by atoms with E-state index in [1.54, 1.807) is 0 Å². The first kappa shape index (κ1) is 23.6. The predicted molar refractivity (Wildman–Crippen MR) is 103 cm³/mol. The number of carbonyl (C=O) groups excluding carboxylic acids is 1. The van der Waals surface area contributed by atoms with Gasteiger partial charge in [0.2, 0.25) is 0 Å². The fraction of sp³-hybridized carbons (Fsp3) is 0.929. The van der Waals surface area contributed by atoms with Crippen molar-refractivity contribution in [2.24, 2.45) is 4.74 Å². The van der Waals surface area contributed by atoms with Crippen molar-refractivity contribution in [1.29, 1.82) is 0 Å². The Morgan fingerprint density at radius 2 is 1.04 bits per heavy atom. The molecule has 0 rings (SSSR count). The Hall–Kier alpha value is 0.650. The van der Waals surface area contributed by atoms with E-state index >= 15 is 0 Å². The fourth-order valence-corrected chi connectivity index (χ4v) is 7.14. The van der Waals surface area contributed by atoms with Crippen molar-refractivity contribution in [2.45, 2.75) is 45.3 Å². The third-order valence-electron chi connectivity index (χ3n) is 3.80. The van der Waals surface area contributed by atoms with E-state index < -0.39 is 17.2 Å². The van der Waals surface area contributed by atoms with Crippen LogP contribution >= 0.6 is 42.3 Å². The minimum absolute atomic E-state index is 0.693. The summed E-state index contributed by atoms with van der Waals surface area (Å²) < 4.78 is 9.24. The van der Waals surface area contributed by atoms with Crippen LogP contribution in [0.1, 0.15) is 41.5 Å². The summed E-state index contributed by atoms with van der Waals surface area (Å²) in [5.41, 5.74) is 0. The SMILES string of the molecule is CCN(CC)P(=NC(=O)C(Cl)(Cl)Cl)(N(CC)CC)N(CC)CC. The fourth-order valence-electron chi connectivity index (χ4n) is 2.71. The average molecular weight is 408 g/mol. The van der Waals surface area contributed by atoms with E-state index in [9.17, 15) is 4.79 Å². The van der Waals surface area contributed by atoms with Crippen molar-refractivity contribution in [1.82, 2.24) is 14.0 Å². The number of amides is 1. The summed E-state index contributed by atoms with van der Waals surface area (Å²) in [7, 11) is -2.46. The lowest BCUT2D eigenvalue weighted by Crippen LogP contribution is -2.42. The topological polar surface area (TPSA) is 39.2 Å². The number of alkyl halides is 3. The van der Waals surface area contributed by atoms with Crippen LogP contribution in [0.3, 0.4) is 0 Å². The highest BCUT2D eigenvalue weighted by molar-refractivity contribution is 7.59. The third kappa shape index (κ3) is 5.57. The molecule has 1 amide bonds. The van der Waals surface area contributed by atoms with Gasteiger partial charge in [-0.2, -0.15) is 4.74 Å². The van der Waals surface area contributed by atoms with E-state index in [1.807, 2.05) is 0 Å². The Labute approximate surface area is 156 Å². The van der Waals surface area contributed by atoms with Gasteiger partial charge in [0.05, 0.1) is 0 Å². The monoisotopic (exact) mass is 406 g/mol. The summed E-state index contributed by atoms with van der Waals surface area (Å²) in [4.78, 5) is 12.5. The lowest BCUT2D eigenvalue weighted by atomic mass is 10.7. The first-order valence-corrected chi connectivity index (χ1v) is 10.9. The molecule has 5 nitrogen and oxygen atoms in total. The van der Waals surface area contributed by atoms with Crippen LogP contribution in [0.4, 0.5) is 0 Å². The lowest BCUT2D eigenvalue weighted by Gasteiger charge is -2.48. The molecule has 0 aliphatic rings. The van der Waals surface area contributed by atoms with E-state index in [0.29, 0.717) is 0 Å². The maximum absolute atomic E-state index is 12.5. The number of hydrogen-bond acceptors (Lipinski definition) is 1. The summed E-state index contributed by atoms with van der Waals surface area (Å²) >= 11 is 17.4. The van der Waals surface area contributed by atoms with Crippen molar-refractivity contribution in [3.63, 3.8) is 0 Å². The standard InChI is InChI=1S/C14H30Cl3N4OP/c1-7-19(8-2)23(20(9-3)10-4,21(11-5)12-6)18-13(22)14(15,16)17/h7-12H2,1-6H3. The van der Waals surface area contributed by atoms with Crippen molar-refractivity contribution in [2.75, 3.05) is 39.3 Å². The molecule has 0 saturated heterocycles. The molecule has 0 aromatic heterocycles. The van der Waals surface area contributed by atoms with Gasteiger partial charge in [-0.25, -0.2) is 14.0 Å². The Morgan fingerprint density at radius 1 is 0.783 bits per heavy atom. The van der Waals surface area contributed by atoms with Crippen LogP contribution in [0, 0.1) is 0 Å². The summed E-state index contributed by atoms with van der Waals surface area (Å²) in [6.07, 6.45) is 0. The van der Waals surface area contributed by atoms with Crippen molar-refractivity contribution in [3.05, 3.63) is 0 Å².